The first-order valence-electron chi connectivity index (χ1n) is 13.6. The molecule has 1 heterocycles. The lowest BCUT2D eigenvalue weighted by molar-refractivity contribution is -0.164. The standard InChI is InChI=1S/C31H40ClN3O4/c1-30(2)28(31(3,4)29(30)39-24-12-9-22(19-33)25(32)18-24)34-27(36)21-7-10-23(11-8-21)35-15-13-20(14-16-35)17-26(37-5)38-6/h7-12,18,20,26,28-29H,13-17H2,1-6H3,(H,34,36)/t28-,29-. The van der Waals surface area contributed by atoms with E-state index in [0.717, 1.165) is 38.0 Å². The highest BCUT2D eigenvalue weighted by Gasteiger charge is 2.64. The van der Waals surface area contributed by atoms with E-state index in [2.05, 4.69) is 44.0 Å². The lowest BCUT2D eigenvalue weighted by atomic mass is 9.49. The van der Waals surface area contributed by atoms with Gasteiger partial charge in [0, 0.05) is 67.9 Å². The van der Waals surface area contributed by atoms with Crippen molar-refractivity contribution in [2.24, 2.45) is 16.7 Å². The summed E-state index contributed by atoms with van der Waals surface area (Å²) in [6.45, 7) is 10.4. The summed E-state index contributed by atoms with van der Waals surface area (Å²) in [4.78, 5) is 15.6. The number of anilines is 1. The molecule has 7 nitrogen and oxygen atoms in total. The number of nitriles is 1. The molecular weight excluding hydrogens is 514 g/mol. The van der Waals surface area contributed by atoms with E-state index in [9.17, 15) is 4.79 Å². The molecule has 1 aliphatic carbocycles. The maximum absolute atomic E-state index is 13.3. The number of halogens is 1. The fraction of sp³-hybridized carbons (Fsp3) is 0.548. The Labute approximate surface area is 237 Å². The number of nitrogens with one attached hydrogen (secondary N) is 1. The molecule has 0 bridgehead atoms. The van der Waals surface area contributed by atoms with Gasteiger partial charge in [0.15, 0.2) is 6.29 Å². The molecule has 2 aromatic carbocycles. The van der Waals surface area contributed by atoms with Crippen molar-refractivity contribution in [1.82, 2.24) is 5.32 Å². The van der Waals surface area contributed by atoms with Gasteiger partial charge in [0.1, 0.15) is 17.9 Å². The number of nitrogens with zero attached hydrogens (tertiary/aromatic N) is 2. The van der Waals surface area contributed by atoms with E-state index in [-0.39, 0.29) is 35.2 Å². The molecular formula is C31H40ClN3O4. The molecule has 0 radical (unpaired) electrons. The van der Waals surface area contributed by atoms with E-state index in [1.807, 2.05) is 24.3 Å². The zero-order chi connectivity index (χ0) is 28.4. The summed E-state index contributed by atoms with van der Waals surface area (Å²) in [7, 11) is 3.38. The molecule has 4 rings (SSSR count). The highest BCUT2D eigenvalue weighted by Crippen LogP contribution is 2.55. The third kappa shape index (κ3) is 6.04. The number of rotatable bonds is 9. The van der Waals surface area contributed by atoms with Crippen molar-refractivity contribution < 1.29 is 19.0 Å². The van der Waals surface area contributed by atoms with Gasteiger partial charge in [0.2, 0.25) is 0 Å². The highest BCUT2D eigenvalue weighted by atomic mass is 35.5. The molecule has 1 N–H and O–H groups in total. The number of hydrogen-bond acceptors (Lipinski definition) is 6. The molecule has 2 aromatic rings. The minimum atomic E-state index is -0.311. The fourth-order valence-electron chi connectivity index (χ4n) is 6.62. The van der Waals surface area contributed by atoms with Crippen molar-refractivity contribution in [3.63, 3.8) is 0 Å². The topological polar surface area (TPSA) is 83.8 Å². The SMILES string of the molecule is COC(CC1CCN(c2ccc(C(=O)N[C@H]3C(C)(C)[C@H](Oc4ccc(C#N)c(Cl)c4)C3(C)C)cc2)CC1)OC. The van der Waals surface area contributed by atoms with E-state index in [0.29, 0.717) is 27.8 Å². The second kappa shape index (κ2) is 11.8. The molecule has 2 fully saturated rings. The van der Waals surface area contributed by atoms with E-state index in [4.69, 9.17) is 31.1 Å². The van der Waals surface area contributed by atoms with E-state index in [1.54, 1.807) is 32.4 Å². The monoisotopic (exact) mass is 553 g/mol. The quantitative estimate of drug-likeness (QED) is 0.381. The molecule has 1 aliphatic heterocycles. The Kier molecular flexibility index (Phi) is 8.80. The number of amides is 1. The first-order chi connectivity index (χ1) is 18.5. The molecule has 8 heteroatoms. The molecule has 1 saturated heterocycles. The summed E-state index contributed by atoms with van der Waals surface area (Å²) in [5.74, 6) is 1.12. The second-order valence-electron chi connectivity index (χ2n) is 11.9. The third-order valence-corrected chi connectivity index (χ3v) is 8.90. The predicted octanol–water partition coefficient (Wildman–Crippen LogP) is 6.05. The van der Waals surface area contributed by atoms with Gasteiger partial charge in [-0.2, -0.15) is 5.26 Å². The van der Waals surface area contributed by atoms with E-state index in [1.165, 1.54) is 0 Å². The average molecular weight is 554 g/mol. The number of methoxy groups -OCH3 is 2. The zero-order valence-electron chi connectivity index (χ0n) is 23.8. The van der Waals surface area contributed by atoms with Crippen LogP contribution < -0.4 is 15.0 Å². The van der Waals surface area contributed by atoms with Gasteiger partial charge in [-0.25, -0.2) is 0 Å². The predicted molar refractivity (Wildman–Crippen MR) is 153 cm³/mol. The van der Waals surface area contributed by atoms with Crippen LogP contribution in [-0.4, -0.2) is 51.7 Å². The molecule has 1 saturated carbocycles. The van der Waals surface area contributed by atoms with Crippen molar-refractivity contribution in [2.45, 2.75) is 65.4 Å². The van der Waals surface area contributed by atoms with Crippen LogP contribution in [0, 0.1) is 28.1 Å². The van der Waals surface area contributed by atoms with E-state index >= 15 is 0 Å². The Hall–Kier alpha value is -2.79. The van der Waals surface area contributed by atoms with Crippen LogP contribution in [0.5, 0.6) is 5.75 Å². The minimum Gasteiger partial charge on any atom is -0.489 e. The fourth-order valence-corrected chi connectivity index (χ4v) is 6.83. The Balaban J connectivity index is 1.34. The van der Waals surface area contributed by atoms with Crippen molar-refractivity contribution >= 4 is 23.2 Å². The van der Waals surface area contributed by atoms with Gasteiger partial charge in [-0.1, -0.05) is 39.3 Å². The van der Waals surface area contributed by atoms with Crippen LogP contribution in [-0.2, 0) is 9.47 Å². The average Bonchev–Trinajstić information content (AvgIpc) is 2.93. The van der Waals surface area contributed by atoms with Gasteiger partial charge in [0.25, 0.3) is 5.91 Å². The smallest absolute Gasteiger partial charge is 0.251 e. The number of ether oxygens (including phenoxy) is 3. The van der Waals surface area contributed by atoms with Crippen LogP contribution >= 0.6 is 11.6 Å². The van der Waals surface area contributed by atoms with Crippen molar-refractivity contribution in [2.75, 3.05) is 32.2 Å². The summed E-state index contributed by atoms with van der Waals surface area (Å²) < 4.78 is 17.1. The Morgan fingerprint density at radius 1 is 1.08 bits per heavy atom. The normalized spacial score (nSPS) is 22.2. The number of carbonyl (C=O) groups excluding carboxylic acids is 1. The number of hydrogen-bond donors (Lipinski definition) is 1. The highest BCUT2D eigenvalue weighted by molar-refractivity contribution is 6.31. The second-order valence-corrected chi connectivity index (χ2v) is 12.3. The molecule has 0 unspecified atom stereocenters. The lowest BCUT2D eigenvalue weighted by Gasteiger charge is -2.63. The maximum Gasteiger partial charge on any atom is 0.251 e. The number of benzene rings is 2. The summed E-state index contributed by atoms with van der Waals surface area (Å²) in [6, 6.07) is 15.0. The van der Waals surface area contributed by atoms with Crippen LogP contribution in [0.25, 0.3) is 0 Å². The first-order valence-corrected chi connectivity index (χ1v) is 14.0. The van der Waals surface area contributed by atoms with Crippen molar-refractivity contribution in [3.8, 4) is 11.8 Å². The molecule has 0 aromatic heterocycles. The van der Waals surface area contributed by atoms with Crippen molar-refractivity contribution in [1.29, 1.82) is 5.26 Å². The molecule has 210 valence electrons. The van der Waals surface area contributed by atoms with Gasteiger partial charge in [-0.15, -0.1) is 0 Å². The van der Waals surface area contributed by atoms with Crippen LogP contribution in [0.2, 0.25) is 5.02 Å². The first kappa shape index (κ1) is 29.2. The summed E-state index contributed by atoms with van der Waals surface area (Å²) in [5.41, 5.74) is 1.58. The van der Waals surface area contributed by atoms with Crippen LogP contribution in [0.4, 0.5) is 5.69 Å². The minimum absolute atomic E-state index is 0.0851. The van der Waals surface area contributed by atoms with Gasteiger partial charge in [-0.3, -0.25) is 4.79 Å². The molecule has 1 amide bonds. The Bertz CT molecular complexity index is 1180. The van der Waals surface area contributed by atoms with Crippen molar-refractivity contribution in [3.05, 3.63) is 58.6 Å². The van der Waals surface area contributed by atoms with Gasteiger partial charge >= 0.3 is 0 Å². The lowest BCUT2D eigenvalue weighted by Crippen LogP contribution is -2.74. The molecule has 2 aliphatic rings. The number of carbonyl (C=O) groups is 1. The third-order valence-electron chi connectivity index (χ3n) is 8.59. The maximum atomic E-state index is 13.3. The van der Waals surface area contributed by atoms with Gasteiger partial charge < -0.3 is 24.4 Å². The number of piperidine rings is 1. The summed E-state index contributed by atoms with van der Waals surface area (Å²) in [6.07, 6.45) is 2.82. The summed E-state index contributed by atoms with van der Waals surface area (Å²) >= 11 is 6.21. The van der Waals surface area contributed by atoms with Crippen LogP contribution in [0.15, 0.2) is 42.5 Å². The zero-order valence-corrected chi connectivity index (χ0v) is 24.5. The van der Waals surface area contributed by atoms with Crippen LogP contribution in [0.1, 0.15) is 62.9 Å². The Morgan fingerprint density at radius 3 is 2.23 bits per heavy atom. The van der Waals surface area contributed by atoms with Gasteiger partial charge in [-0.05, 0) is 55.2 Å². The molecule has 0 atom stereocenters. The van der Waals surface area contributed by atoms with E-state index < -0.39 is 0 Å². The summed E-state index contributed by atoms with van der Waals surface area (Å²) in [5, 5.41) is 12.8. The largest absolute Gasteiger partial charge is 0.489 e. The molecule has 0 spiro atoms. The van der Waals surface area contributed by atoms with Gasteiger partial charge in [0.05, 0.1) is 10.6 Å². The molecule has 39 heavy (non-hydrogen) atoms. The van der Waals surface area contributed by atoms with Crippen LogP contribution in [0.3, 0.4) is 0 Å². The Morgan fingerprint density at radius 2 is 1.69 bits per heavy atom.